The van der Waals surface area contributed by atoms with Crippen LogP contribution in [0, 0.1) is 0 Å². The van der Waals surface area contributed by atoms with Gasteiger partial charge in [-0.2, -0.15) is 0 Å². The Balaban J connectivity index is 2.01. The molecule has 0 unspecified atom stereocenters. The third-order valence-corrected chi connectivity index (χ3v) is 8.27. The van der Waals surface area contributed by atoms with Crippen molar-refractivity contribution in [3.8, 4) is 0 Å². The molecule has 0 saturated carbocycles. The summed E-state index contributed by atoms with van der Waals surface area (Å²) in [5.74, 6) is -0.903. The van der Waals surface area contributed by atoms with Crippen LogP contribution in [0.2, 0.25) is 10.0 Å². The van der Waals surface area contributed by atoms with Gasteiger partial charge in [0, 0.05) is 17.1 Å². The van der Waals surface area contributed by atoms with Gasteiger partial charge >= 0.3 is 0 Å². The molecule has 7 nitrogen and oxygen atoms in total. The highest BCUT2D eigenvalue weighted by atomic mass is 35.5. The second kappa shape index (κ2) is 12.9. The van der Waals surface area contributed by atoms with Gasteiger partial charge in [-0.05, 0) is 70.0 Å². The van der Waals surface area contributed by atoms with Gasteiger partial charge in [-0.15, -0.1) is 0 Å². The van der Waals surface area contributed by atoms with Gasteiger partial charge < -0.3 is 10.2 Å². The van der Waals surface area contributed by atoms with E-state index >= 15 is 0 Å². The summed E-state index contributed by atoms with van der Waals surface area (Å²) in [5.41, 5.74) is 0.526. The van der Waals surface area contributed by atoms with Crippen LogP contribution in [0.4, 0.5) is 5.69 Å². The Morgan fingerprint density at radius 1 is 0.923 bits per heavy atom. The molecule has 208 valence electrons. The maximum atomic E-state index is 13.9. The van der Waals surface area contributed by atoms with Crippen molar-refractivity contribution in [2.24, 2.45) is 0 Å². The number of benzene rings is 3. The fraction of sp³-hybridized carbons (Fsp3) is 0.310. The average Bonchev–Trinajstić information content (AvgIpc) is 2.89. The minimum Gasteiger partial charge on any atom is -0.350 e. The van der Waals surface area contributed by atoms with Crippen molar-refractivity contribution in [2.45, 2.75) is 50.6 Å². The van der Waals surface area contributed by atoms with E-state index in [9.17, 15) is 18.0 Å². The molecule has 1 atom stereocenters. The number of hydrogen-bond acceptors (Lipinski definition) is 4. The quantitative estimate of drug-likeness (QED) is 0.335. The molecule has 0 aliphatic carbocycles. The molecule has 0 fully saturated rings. The molecule has 0 heterocycles. The maximum Gasteiger partial charge on any atom is 0.264 e. The van der Waals surface area contributed by atoms with Crippen LogP contribution in [-0.4, -0.2) is 49.8 Å². The summed E-state index contributed by atoms with van der Waals surface area (Å²) in [6.07, 6.45) is 0.475. The highest BCUT2D eigenvalue weighted by Gasteiger charge is 2.34. The van der Waals surface area contributed by atoms with Gasteiger partial charge in [-0.25, -0.2) is 8.42 Å². The lowest BCUT2D eigenvalue weighted by atomic mass is 10.1. The van der Waals surface area contributed by atoms with E-state index in [0.29, 0.717) is 6.42 Å². The van der Waals surface area contributed by atoms with E-state index in [1.165, 1.54) is 35.2 Å². The van der Waals surface area contributed by atoms with Crippen LogP contribution in [0.5, 0.6) is 0 Å². The van der Waals surface area contributed by atoms with Crippen LogP contribution in [0.1, 0.15) is 33.3 Å². The number of nitrogens with zero attached hydrogens (tertiary/aromatic N) is 2. The number of sulfonamides is 1. The zero-order chi connectivity index (χ0) is 28.8. The van der Waals surface area contributed by atoms with Crippen molar-refractivity contribution in [3.63, 3.8) is 0 Å². The van der Waals surface area contributed by atoms with Crippen molar-refractivity contribution >= 4 is 50.7 Å². The van der Waals surface area contributed by atoms with Gasteiger partial charge in [-0.1, -0.05) is 71.7 Å². The summed E-state index contributed by atoms with van der Waals surface area (Å²) >= 11 is 12.6. The standard InChI is InChI=1S/C29H33Cl2N3O4S/c1-21(28(36)32-29(2,3)4)33(18-17-22-11-7-5-8-12-22)27(35)20-34(26-19-23(30)15-16-25(26)31)39(37,38)24-13-9-6-10-14-24/h5-16,19,21H,17-18,20H2,1-4H3,(H,32,36)/t21-/m1/s1. The molecule has 0 spiro atoms. The molecule has 3 rings (SSSR count). The minimum absolute atomic E-state index is 0.0109. The van der Waals surface area contributed by atoms with Crippen LogP contribution in [0.25, 0.3) is 0 Å². The molecular formula is C29H33Cl2N3O4S. The molecule has 0 bridgehead atoms. The molecule has 3 aromatic carbocycles. The second-order valence-electron chi connectivity index (χ2n) is 10.2. The Morgan fingerprint density at radius 2 is 1.51 bits per heavy atom. The van der Waals surface area contributed by atoms with E-state index < -0.39 is 34.1 Å². The lowest BCUT2D eigenvalue weighted by Crippen LogP contribution is -2.55. The SMILES string of the molecule is C[C@H](C(=O)NC(C)(C)C)N(CCc1ccccc1)C(=O)CN(c1cc(Cl)ccc1Cl)S(=O)(=O)c1ccccc1. The molecular weight excluding hydrogens is 557 g/mol. The number of carbonyl (C=O) groups is 2. The zero-order valence-corrected chi connectivity index (χ0v) is 24.7. The number of anilines is 1. The van der Waals surface area contributed by atoms with E-state index in [1.54, 1.807) is 25.1 Å². The van der Waals surface area contributed by atoms with Gasteiger partial charge in [0.25, 0.3) is 10.0 Å². The van der Waals surface area contributed by atoms with E-state index in [2.05, 4.69) is 5.32 Å². The molecule has 0 aliphatic heterocycles. The van der Waals surface area contributed by atoms with Crippen molar-refractivity contribution in [2.75, 3.05) is 17.4 Å². The Bertz CT molecular complexity index is 1400. The van der Waals surface area contributed by atoms with Crippen LogP contribution in [0.3, 0.4) is 0 Å². The molecule has 1 N–H and O–H groups in total. The van der Waals surface area contributed by atoms with Crippen LogP contribution >= 0.6 is 23.2 Å². The second-order valence-corrected chi connectivity index (χ2v) is 12.9. The molecule has 2 amide bonds. The van der Waals surface area contributed by atoms with Crippen molar-refractivity contribution in [1.82, 2.24) is 10.2 Å². The van der Waals surface area contributed by atoms with Gasteiger partial charge in [0.1, 0.15) is 12.6 Å². The Labute approximate surface area is 240 Å². The number of rotatable bonds is 10. The van der Waals surface area contributed by atoms with Crippen molar-refractivity contribution in [3.05, 3.63) is 94.5 Å². The molecule has 0 aliphatic rings. The fourth-order valence-electron chi connectivity index (χ4n) is 3.95. The Kier molecular flexibility index (Phi) is 10.0. The molecule has 0 radical (unpaired) electrons. The minimum atomic E-state index is -4.22. The largest absolute Gasteiger partial charge is 0.350 e. The first-order valence-electron chi connectivity index (χ1n) is 12.5. The number of amides is 2. The monoisotopic (exact) mass is 589 g/mol. The smallest absolute Gasteiger partial charge is 0.264 e. The van der Waals surface area contributed by atoms with Crippen molar-refractivity contribution < 1.29 is 18.0 Å². The summed E-state index contributed by atoms with van der Waals surface area (Å²) in [6, 6.07) is 20.9. The topological polar surface area (TPSA) is 86.8 Å². The lowest BCUT2D eigenvalue weighted by molar-refractivity contribution is -0.139. The van der Waals surface area contributed by atoms with Gasteiger partial charge in [0.2, 0.25) is 11.8 Å². The molecule has 10 heteroatoms. The van der Waals surface area contributed by atoms with Gasteiger partial charge in [-0.3, -0.25) is 13.9 Å². The third kappa shape index (κ3) is 8.21. The van der Waals surface area contributed by atoms with Crippen LogP contribution < -0.4 is 9.62 Å². The van der Waals surface area contributed by atoms with Crippen LogP contribution in [0.15, 0.2) is 83.8 Å². The summed E-state index contributed by atoms with van der Waals surface area (Å²) in [6.45, 7) is 6.80. The predicted octanol–water partition coefficient (Wildman–Crippen LogP) is 5.56. The summed E-state index contributed by atoms with van der Waals surface area (Å²) in [4.78, 5) is 28.4. The first-order valence-corrected chi connectivity index (χ1v) is 14.7. The Morgan fingerprint density at radius 3 is 2.10 bits per heavy atom. The first kappa shape index (κ1) is 30.5. The molecule has 3 aromatic rings. The molecule has 0 aromatic heterocycles. The van der Waals surface area contributed by atoms with Crippen molar-refractivity contribution in [1.29, 1.82) is 0 Å². The van der Waals surface area contributed by atoms with Gasteiger partial charge in [0.15, 0.2) is 0 Å². The van der Waals surface area contributed by atoms with E-state index in [0.717, 1.165) is 9.87 Å². The lowest BCUT2D eigenvalue weighted by Gasteiger charge is -2.33. The number of nitrogens with one attached hydrogen (secondary N) is 1. The van der Waals surface area contributed by atoms with Gasteiger partial charge in [0.05, 0.1) is 15.6 Å². The normalized spacial score (nSPS) is 12.5. The molecule has 0 saturated heterocycles. The summed E-state index contributed by atoms with van der Waals surface area (Å²) in [7, 11) is -4.22. The van der Waals surface area contributed by atoms with E-state index in [-0.39, 0.29) is 33.1 Å². The number of carbonyl (C=O) groups excluding carboxylic acids is 2. The fourth-order valence-corrected chi connectivity index (χ4v) is 5.84. The highest BCUT2D eigenvalue weighted by molar-refractivity contribution is 7.92. The summed E-state index contributed by atoms with van der Waals surface area (Å²) in [5, 5.41) is 3.28. The Hall–Kier alpha value is -3.07. The average molecular weight is 591 g/mol. The van der Waals surface area contributed by atoms with E-state index in [1.807, 2.05) is 51.1 Å². The predicted molar refractivity (Wildman–Crippen MR) is 157 cm³/mol. The summed E-state index contributed by atoms with van der Waals surface area (Å²) < 4.78 is 28.5. The van der Waals surface area contributed by atoms with Crippen LogP contribution in [-0.2, 0) is 26.0 Å². The first-order chi connectivity index (χ1) is 18.3. The molecule has 39 heavy (non-hydrogen) atoms. The van der Waals surface area contributed by atoms with E-state index in [4.69, 9.17) is 23.2 Å². The third-order valence-electron chi connectivity index (χ3n) is 5.94. The number of hydrogen-bond donors (Lipinski definition) is 1. The number of halogens is 2. The maximum absolute atomic E-state index is 13.9. The highest BCUT2D eigenvalue weighted by Crippen LogP contribution is 2.33. The zero-order valence-electron chi connectivity index (χ0n) is 22.4.